The van der Waals surface area contributed by atoms with Gasteiger partial charge in [-0.2, -0.15) is 0 Å². The highest BCUT2D eigenvalue weighted by Gasteiger charge is 2.41. The van der Waals surface area contributed by atoms with E-state index in [1.54, 1.807) is 0 Å². The smallest absolute Gasteiger partial charge is 0.163 e. The minimum absolute atomic E-state index is 0.143. The second-order valence-electron chi connectivity index (χ2n) is 7.58. The van der Waals surface area contributed by atoms with Gasteiger partial charge in [0.2, 0.25) is 0 Å². The minimum Gasteiger partial charge on any atom is -0.465 e. The lowest BCUT2D eigenvalue weighted by Crippen LogP contribution is -2.30. The number of hydrogen-bond donors (Lipinski definition) is 0. The van der Waals surface area contributed by atoms with Gasteiger partial charge in [-0.05, 0) is 29.9 Å². The predicted octanol–water partition coefficient (Wildman–Crippen LogP) is 4.94. The molecular formula is C22H24O3. The summed E-state index contributed by atoms with van der Waals surface area (Å²) in [6.07, 6.45) is 4.39. The van der Waals surface area contributed by atoms with E-state index in [9.17, 15) is 9.59 Å². The van der Waals surface area contributed by atoms with Crippen molar-refractivity contribution in [2.45, 2.75) is 64.2 Å². The van der Waals surface area contributed by atoms with Crippen molar-refractivity contribution in [1.82, 2.24) is 0 Å². The molecule has 0 fully saturated rings. The monoisotopic (exact) mass is 336 g/mol. The standard InChI is InChI=1S/C22H24O3/c1-13(2)14-9-11-15(12-10-14)20-21-16(23)5-3-7-18(21)25-19-8-4-6-17(24)22(19)20/h9-13,20H,3-8H2,1-2H3. The average molecular weight is 336 g/mol. The molecule has 0 bridgehead atoms. The van der Waals surface area contributed by atoms with Gasteiger partial charge in [0, 0.05) is 42.7 Å². The number of ether oxygens (including phenoxy) is 1. The first-order chi connectivity index (χ1) is 12.1. The van der Waals surface area contributed by atoms with Crippen molar-refractivity contribution < 1.29 is 14.3 Å². The van der Waals surface area contributed by atoms with E-state index in [4.69, 9.17) is 4.74 Å². The van der Waals surface area contributed by atoms with Gasteiger partial charge >= 0.3 is 0 Å². The molecule has 1 aromatic rings. The minimum atomic E-state index is -0.236. The lowest BCUT2D eigenvalue weighted by molar-refractivity contribution is -0.117. The Morgan fingerprint density at radius 1 is 0.840 bits per heavy atom. The van der Waals surface area contributed by atoms with Crippen molar-refractivity contribution in [3.63, 3.8) is 0 Å². The number of hydrogen-bond acceptors (Lipinski definition) is 3. The fraction of sp³-hybridized carbons (Fsp3) is 0.455. The highest BCUT2D eigenvalue weighted by molar-refractivity contribution is 6.05. The van der Waals surface area contributed by atoms with Crippen LogP contribution < -0.4 is 0 Å². The van der Waals surface area contributed by atoms with Crippen molar-refractivity contribution in [3.05, 3.63) is 58.1 Å². The fourth-order valence-electron chi connectivity index (χ4n) is 4.22. The van der Waals surface area contributed by atoms with E-state index >= 15 is 0 Å². The number of carbonyl (C=O) groups excluding carboxylic acids is 2. The number of Topliss-reactive ketones (excluding diaryl/α,β-unsaturated/α-hetero) is 2. The number of ketones is 2. The summed E-state index contributed by atoms with van der Waals surface area (Å²) in [4.78, 5) is 25.4. The zero-order valence-corrected chi connectivity index (χ0v) is 14.9. The van der Waals surface area contributed by atoms with E-state index < -0.39 is 0 Å². The Labute approximate surface area is 148 Å². The molecule has 3 nitrogen and oxygen atoms in total. The maximum atomic E-state index is 12.7. The van der Waals surface area contributed by atoms with Crippen molar-refractivity contribution in [3.8, 4) is 0 Å². The van der Waals surface area contributed by atoms with Gasteiger partial charge in [0.1, 0.15) is 11.5 Å². The van der Waals surface area contributed by atoms with E-state index in [-0.39, 0.29) is 17.5 Å². The summed E-state index contributed by atoms with van der Waals surface area (Å²) in [5.41, 5.74) is 3.78. The van der Waals surface area contributed by atoms with Gasteiger partial charge in [0.15, 0.2) is 11.6 Å². The summed E-state index contributed by atoms with van der Waals surface area (Å²) >= 11 is 0. The molecular weight excluding hydrogens is 312 g/mol. The molecule has 0 unspecified atom stereocenters. The Balaban J connectivity index is 1.85. The molecule has 3 heteroatoms. The highest BCUT2D eigenvalue weighted by Crippen LogP contribution is 2.47. The molecule has 0 radical (unpaired) electrons. The van der Waals surface area contributed by atoms with Crippen LogP contribution in [-0.2, 0) is 14.3 Å². The van der Waals surface area contributed by atoms with Crippen LogP contribution >= 0.6 is 0 Å². The van der Waals surface area contributed by atoms with Crippen LogP contribution in [0.15, 0.2) is 46.9 Å². The number of rotatable bonds is 2. The third-order valence-corrected chi connectivity index (χ3v) is 5.58. The molecule has 0 amide bonds. The molecule has 1 aliphatic heterocycles. The molecule has 0 aromatic heterocycles. The van der Waals surface area contributed by atoms with Crippen LogP contribution in [0.25, 0.3) is 0 Å². The lowest BCUT2D eigenvalue weighted by Gasteiger charge is -2.36. The first-order valence-electron chi connectivity index (χ1n) is 9.36. The maximum Gasteiger partial charge on any atom is 0.163 e. The van der Waals surface area contributed by atoms with Crippen molar-refractivity contribution >= 4 is 11.6 Å². The second-order valence-corrected chi connectivity index (χ2v) is 7.58. The first kappa shape index (κ1) is 16.3. The van der Waals surface area contributed by atoms with Gasteiger partial charge < -0.3 is 4.74 Å². The van der Waals surface area contributed by atoms with Crippen LogP contribution in [0.3, 0.4) is 0 Å². The van der Waals surface area contributed by atoms with Crippen LogP contribution in [0.5, 0.6) is 0 Å². The average Bonchev–Trinajstić information content (AvgIpc) is 2.60. The zero-order chi connectivity index (χ0) is 17.6. The van der Waals surface area contributed by atoms with Crippen molar-refractivity contribution in [2.24, 2.45) is 0 Å². The Morgan fingerprint density at radius 3 is 1.84 bits per heavy atom. The van der Waals surface area contributed by atoms with Crippen LogP contribution in [0, 0.1) is 0 Å². The van der Waals surface area contributed by atoms with Gasteiger partial charge in [-0.1, -0.05) is 38.1 Å². The molecule has 1 heterocycles. The Hall–Kier alpha value is -2.16. The highest BCUT2D eigenvalue weighted by atomic mass is 16.5. The van der Waals surface area contributed by atoms with Gasteiger partial charge in [-0.25, -0.2) is 0 Å². The van der Waals surface area contributed by atoms with Crippen LogP contribution in [-0.4, -0.2) is 11.6 Å². The van der Waals surface area contributed by atoms with Crippen molar-refractivity contribution in [1.29, 1.82) is 0 Å². The molecule has 0 spiro atoms. The molecule has 25 heavy (non-hydrogen) atoms. The first-order valence-corrected chi connectivity index (χ1v) is 9.36. The summed E-state index contributed by atoms with van der Waals surface area (Å²) in [7, 11) is 0. The molecule has 1 aromatic carbocycles. The summed E-state index contributed by atoms with van der Waals surface area (Å²) in [5, 5.41) is 0. The largest absolute Gasteiger partial charge is 0.465 e. The van der Waals surface area contributed by atoms with Crippen molar-refractivity contribution in [2.75, 3.05) is 0 Å². The fourth-order valence-corrected chi connectivity index (χ4v) is 4.22. The topological polar surface area (TPSA) is 43.4 Å². The van der Waals surface area contributed by atoms with Crippen LogP contribution in [0.2, 0.25) is 0 Å². The second kappa shape index (κ2) is 6.29. The van der Waals surface area contributed by atoms with Gasteiger partial charge in [-0.3, -0.25) is 9.59 Å². The van der Waals surface area contributed by atoms with Gasteiger partial charge in [0.05, 0.1) is 0 Å². The number of benzene rings is 1. The van der Waals surface area contributed by atoms with E-state index in [1.807, 2.05) is 0 Å². The van der Waals surface area contributed by atoms with Gasteiger partial charge in [-0.15, -0.1) is 0 Å². The molecule has 4 rings (SSSR count). The van der Waals surface area contributed by atoms with Crippen LogP contribution in [0.1, 0.15) is 75.3 Å². The lowest BCUT2D eigenvalue weighted by atomic mass is 9.73. The van der Waals surface area contributed by atoms with Crippen LogP contribution in [0.4, 0.5) is 0 Å². The molecule has 0 atom stereocenters. The maximum absolute atomic E-state index is 12.7. The third kappa shape index (κ3) is 2.76. The summed E-state index contributed by atoms with van der Waals surface area (Å²) in [6.45, 7) is 4.33. The Bertz CT molecular complexity index is 751. The van der Waals surface area contributed by atoms with E-state index in [1.165, 1.54) is 5.56 Å². The molecule has 0 N–H and O–H groups in total. The Morgan fingerprint density at radius 2 is 1.36 bits per heavy atom. The van der Waals surface area contributed by atoms with E-state index in [0.717, 1.165) is 53.9 Å². The molecule has 2 aliphatic carbocycles. The molecule has 0 saturated carbocycles. The quantitative estimate of drug-likeness (QED) is 0.768. The molecule has 0 saturated heterocycles. The molecule has 130 valence electrons. The summed E-state index contributed by atoms with van der Waals surface area (Å²) in [6, 6.07) is 8.42. The van der Waals surface area contributed by atoms with Gasteiger partial charge in [0.25, 0.3) is 0 Å². The number of allylic oxidation sites excluding steroid dienone is 4. The van der Waals surface area contributed by atoms with E-state index in [0.29, 0.717) is 18.8 Å². The zero-order valence-electron chi connectivity index (χ0n) is 14.9. The number of carbonyl (C=O) groups is 2. The summed E-state index contributed by atoms with van der Waals surface area (Å²) < 4.78 is 6.07. The third-order valence-electron chi connectivity index (χ3n) is 5.58. The van der Waals surface area contributed by atoms with E-state index in [2.05, 4.69) is 38.1 Å². The SMILES string of the molecule is CC(C)c1ccc(C2C3=C(CCCC3=O)OC3=C2C(=O)CCC3)cc1. The Kier molecular flexibility index (Phi) is 4.10. The predicted molar refractivity (Wildman–Crippen MR) is 96.1 cm³/mol. The normalized spacial score (nSPS) is 21.4. The summed E-state index contributed by atoms with van der Waals surface area (Å²) in [5.74, 6) is 2.12. The molecule has 3 aliphatic rings.